The number of hydrogen-bond acceptors (Lipinski definition) is 4. The highest BCUT2D eigenvalue weighted by atomic mass is 16.2. The molecule has 5 nitrogen and oxygen atoms in total. The van der Waals surface area contributed by atoms with Crippen LogP contribution < -0.4 is 0 Å². The minimum absolute atomic E-state index is 0.155. The van der Waals surface area contributed by atoms with Crippen molar-refractivity contribution < 1.29 is 4.79 Å². The molecule has 112 valence electrons. The number of aromatic nitrogens is 1. The fraction of sp³-hybridized carbons (Fsp3) is 0.600. The largest absolute Gasteiger partial charge is 0.345 e. The third-order valence-corrected chi connectivity index (χ3v) is 3.09. The van der Waals surface area contributed by atoms with Gasteiger partial charge in [-0.1, -0.05) is 6.07 Å². The van der Waals surface area contributed by atoms with E-state index in [1.54, 1.807) is 11.1 Å². The Morgan fingerprint density at radius 2 is 1.90 bits per heavy atom. The zero-order chi connectivity index (χ0) is 15.0. The molecule has 0 saturated heterocycles. The Hall–Kier alpha value is -1.46. The summed E-state index contributed by atoms with van der Waals surface area (Å²) in [6, 6.07) is 5.83. The monoisotopic (exact) mass is 278 g/mol. The molecule has 0 atom stereocenters. The van der Waals surface area contributed by atoms with E-state index in [2.05, 4.69) is 9.88 Å². The quantitative estimate of drug-likeness (QED) is 0.709. The summed E-state index contributed by atoms with van der Waals surface area (Å²) in [4.78, 5) is 22.3. The summed E-state index contributed by atoms with van der Waals surface area (Å²) in [5, 5.41) is 0. The number of carbonyl (C=O) groups excluding carboxylic acids is 1. The second-order valence-corrected chi connectivity index (χ2v) is 5.47. The van der Waals surface area contributed by atoms with E-state index in [4.69, 9.17) is 0 Å². The first-order valence-electron chi connectivity index (χ1n) is 6.96. The predicted molar refractivity (Wildman–Crippen MR) is 81.4 cm³/mol. The molecular weight excluding hydrogens is 252 g/mol. The van der Waals surface area contributed by atoms with Gasteiger partial charge in [-0.3, -0.25) is 14.7 Å². The number of hydrogen-bond donors (Lipinski definition) is 0. The number of carbonyl (C=O) groups is 1. The van der Waals surface area contributed by atoms with Crippen LogP contribution in [0, 0.1) is 0 Å². The summed E-state index contributed by atoms with van der Waals surface area (Å²) in [5.74, 6) is 0.155. The van der Waals surface area contributed by atoms with E-state index in [0.717, 1.165) is 25.2 Å². The maximum Gasteiger partial charge on any atom is 0.236 e. The molecule has 0 aromatic carbocycles. The highest BCUT2D eigenvalue weighted by Crippen LogP contribution is 2.00. The van der Waals surface area contributed by atoms with Gasteiger partial charge in [-0.2, -0.15) is 0 Å². The Morgan fingerprint density at radius 3 is 2.50 bits per heavy atom. The van der Waals surface area contributed by atoms with Gasteiger partial charge in [0.15, 0.2) is 0 Å². The molecule has 1 rings (SSSR count). The van der Waals surface area contributed by atoms with Crippen molar-refractivity contribution in [3.05, 3.63) is 30.1 Å². The highest BCUT2D eigenvalue weighted by Gasteiger charge is 2.12. The molecule has 0 N–H and O–H groups in total. The third kappa shape index (κ3) is 6.63. The van der Waals surface area contributed by atoms with Gasteiger partial charge in [0, 0.05) is 26.3 Å². The molecule has 0 saturated carbocycles. The Balaban J connectivity index is 2.30. The van der Waals surface area contributed by atoms with Gasteiger partial charge in [0.2, 0.25) is 5.91 Å². The van der Waals surface area contributed by atoms with Gasteiger partial charge in [-0.05, 0) is 46.2 Å². The highest BCUT2D eigenvalue weighted by molar-refractivity contribution is 5.77. The minimum Gasteiger partial charge on any atom is -0.345 e. The molecule has 0 radical (unpaired) electrons. The van der Waals surface area contributed by atoms with Crippen molar-refractivity contribution in [3.8, 4) is 0 Å². The molecule has 1 amide bonds. The van der Waals surface area contributed by atoms with Crippen LogP contribution in [0.3, 0.4) is 0 Å². The van der Waals surface area contributed by atoms with E-state index in [0.29, 0.717) is 13.1 Å². The summed E-state index contributed by atoms with van der Waals surface area (Å²) in [5.41, 5.74) is 0.984. The lowest BCUT2D eigenvalue weighted by molar-refractivity contribution is -0.131. The fourth-order valence-corrected chi connectivity index (χ4v) is 1.92. The maximum absolute atomic E-state index is 12.1. The van der Waals surface area contributed by atoms with Crippen molar-refractivity contribution in [1.82, 2.24) is 19.7 Å². The van der Waals surface area contributed by atoms with Gasteiger partial charge >= 0.3 is 0 Å². The number of nitrogens with zero attached hydrogens (tertiary/aromatic N) is 4. The molecule has 1 aromatic rings. The lowest BCUT2D eigenvalue weighted by Crippen LogP contribution is -2.37. The van der Waals surface area contributed by atoms with Crippen molar-refractivity contribution in [1.29, 1.82) is 0 Å². The molecule has 0 aliphatic heterocycles. The molecule has 0 bridgehead atoms. The Kier molecular flexibility index (Phi) is 7.18. The van der Waals surface area contributed by atoms with Crippen LogP contribution in [0.4, 0.5) is 0 Å². The van der Waals surface area contributed by atoms with Crippen molar-refractivity contribution >= 4 is 5.91 Å². The first-order chi connectivity index (χ1) is 9.49. The van der Waals surface area contributed by atoms with E-state index in [9.17, 15) is 4.79 Å². The van der Waals surface area contributed by atoms with Gasteiger partial charge < -0.3 is 9.80 Å². The second kappa shape index (κ2) is 8.66. The molecular formula is C15H26N4O. The van der Waals surface area contributed by atoms with Gasteiger partial charge in [0.05, 0.1) is 12.2 Å². The topological polar surface area (TPSA) is 39.7 Å². The summed E-state index contributed by atoms with van der Waals surface area (Å²) >= 11 is 0. The molecule has 1 heterocycles. The molecule has 0 spiro atoms. The summed E-state index contributed by atoms with van der Waals surface area (Å²) in [6.07, 6.45) is 2.78. The summed E-state index contributed by atoms with van der Waals surface area (Å²) in [6.45, 7) is 2.92. The van der Waals surface area contributed by atoms with Gasteiger partial charge in [-0.25, -0.2) is 0 Å². The number of amides is 1. The average Bonchev–Trinajstić information content (AvgIpc) is 2.39. The van der Waals surface area contributed by atoms with Crippen LogP contribution in [0.2, 0.25) is 0 Å². The lowest BCUT2D eigenvalue weighted by Gasteiger charge is -2.22. The van der Waals surface area contributed by atoms with Crippen LogP contribution in [-0.4, -0.2) is 73.4 Å². The number of pyridine rings is 1. The first kappa shape index (κ1) is 16.6. The van der Waals surface area contributed by atoms with Crippen molar-refractivity contribution in [2.75, 3.05) is 47.8 Å². The molecule has 0 fully saturated rings. The fourth-order valence-electron chi connectivity index (χ4n) is 1.92. The summed E-state index contributed by atoms with van der Waals surface area (Å²) in [7, 11) is 7.90. The van der Waals surface area contributed by atoms with Crippen LogP contribution in [0.5, 0.6) is 0 Å². The molecule has 1 aromatic heterocycles. The van der Waals surface area contributed by atoms with Crippen molar-refractivity contribution in [2.45, 2.75) is 13.0 Å². The van der Waals surface area contributed by atoms with Gasteiger partial charge in [-0.15, -0.1) is 0 Å². The van der Waals surface area contributed by atoms with Crippen LogP contribution in [0.15, 0.2) is 24.4 Å². The first-order valence-corrected chi connectivity index (χ1v) is 6.96. The summed E-state index contributed by atoms with van der Waals surface area (Å²) < 4.78 is 0. The van der Waals surface area contributed by atoms with E-state index in [1.165, 1.54) is 0 Å². The van der Waals surface area contributed by atoms with E-state index in [-0.39, 0.29) is 5.91 Å². The van der Waals surface area contributed by atoms with Crippen LogP contribution in [0.25, 0.3) is 0 Å². The third-order valence-electron chi connectivity index (χ3n) is 3.09. The van der Waals surface area contributed by atoms with Crippen molar-refractivity contribution in [2.24, 2.45) is 0 Å². The van der Waals surface area contributed by atoms with Crippen LogP contribution in [-0.2, 0) is 11.3 Å². The number of likely N-dealkylation sites (N-methyl/N-ethyl adjacent to an activating group) is 2. The molecule has 0 aliphatic carbocycles. The second-order valence-electron chi connectivity index (χ2n) is 5.47. The predicted octanol–water partition coefficient (Wildman–Crippen LogP) is 0.924. The van der Waals surface area contributed by atoms with Crippen LogP contribution in [0.1, 0.15) is 12.1 Å². The number of rotatable bonds is 8. The van der Waals surface area contributed by atoms with E-state index < -0.39 is 0 Å². The molecule has 20 heavy (non-hydrogen) atoms. The average molecular weight is 278 g/mol. The van der Waals surface area contributed by atoms with Crippen molar-refractivity contribution in [3.63, 3.8) is 0 Å². The Morgan fingerprint density at radius 1 is 1.15 bits per heavy atom. The Labute approximate surface area is 122 Å². The molecule has 0 aliphatic rings. The van der Waals surface area contributed by atoms with Gasteiger partial charge in [0.25, 0.3) is 0 Å². The van der Waals surface area contributed by atoms with E-state index >= 15 is 0 Å². The zero-order valence-electron chi connectivity index (χ0n) is 13.0. The minimum atomic E-state index is 0.155. The zero-order valence-corrected chi connectivity index (χ0v) is 13.0. The standard InChI is InChI=1S/C15H26N4O/c1-17(2)10-7-11-19(4)15(20)13-18(3)12-14-8-5-6-9-16-14/h5-6,8-9H,7,10-13H2,1-4H3. The lowest BCUT2D eigenvalue weighted by atomic mass is 10.3. The van der Waals surface area contributed by atoms with Crippen LogP contribution >= 0.6 is 0 Å². The molecule has 0 unspecified atom stereocenters. The van der Waals surface area contributed by atoms with Gasteiger partial charge in [0.1, 0.15) is 0 Å². The maximum atomic E-state index is 12.1. The normalized spacial score (nSPS) is 11.1. The smallest absolute Gasteiger partial charge is 0.236 e. The Bertz CT molecular complexity index is 394. The SMILES string of the molecule is CN(C)CCCN(C)C(=O)CN(C)Cc1ccccn1. The molecule has 5 heteroatoms. The van der Waals surface area contributed by atoms with E-state index in [1.807, 2.05) is 51.3 Å².